The maximum atomic E-state index is 11.6. The molecule has 2 unspecified atom stereocenters. The van der Waals surface area contributed by atoms with Crippen LogP contribution < -0.4 is 10.6 Å². The van der Waals surface area contributed by atoms with Gasteiger partial charge in [-0.15, -0.1) is 0 Å². The van der Waals surface area contributed by atoms with Gasteiger partial charge in [0.2, 0.25) is 5.91 Å². The van der Waals surface area contributed by atoms with E-state index in [0.29, 0.717) is 6.54 Å². The molecule has 0 aliphatic rings. The molecule has 1 aromatic carbocycles. The quantitative estimate of drug-likeness (QED) is 0.817. The summed E-state index contributed by atoms with van der Waals surface area (Å²) < 4.78 is 11.1. The molecule has 2 N–H and O–H groups in total. The van der Waals surface area contributed by atoms with E-state index in [2.05, 4.69) is 10.6 Å². The van der Waals surface area contributed by atoms with Gasteiger partial charge in [0, 0.05) is 34.5 Å². The summed E-state index contributed by atoms with van der Waals surface area (Å²) in [6.45, 7) is 4.67. The number of carbonyl (C=O) groups is 1. The normalized spacial score (nSPS) is 13.9. The summed E-state index contributed by atoms with van der Waals surface area (Å²) in [5, 5.41) is 5.86. The van der Waals surface area contributed by atoms with Gasteiger partial charge in [0.15, 0.2) is 0 Å². The van der Waals surface area contributed by atoms with E-state index in [1.807, 2.05) is 38.1 Å². The molecule has 1 rings (SSSR count). The molecule has 0 bridgehead atoms. The second-order valence-corrected chi connectivity index (χ2v) is 6.16. The minimum atomic E-state index is -0.860. The van der Waals surface area contributed by atoms with Crippen molar-refractivity contribution >= 4 is 22.4 Å². The first kappa shape index (κ1) is 14.9. The monoisotopic (exact) mass is 268 g/mol. The van der Waals surface area contributed by atoms with Gasteiger partial charge in [-0.1, -0.05) is 12.1 Å². The largest absolute Gasteiger partial charge is 0.325 e. The highest BCUT2D eigenvalue weighted by Gasteiger charge is 2.07. The van der Waals surface area contributed by atoms with Crippen molar-refractivity contribution in [3.63, 3.8) is 0 Å². The van der Waals surface area contributed by atoms with E-state index in [1.54, 1.807) is 6.26 Å². The lowest BCUT2D eigenvalue weighted by atomic mass is 10.2. The van der Waals surface area contributed by atoms with Crippen LogP contribution in [0.15, 0.2) is 24.3 Å². The Hall–Kier alpha value is -1.20. The smallest absolute Gasteiger partial charge is 0.238 e. The Morgan fingerprint density at radius 2 is 2.17 bits per heavy atom. The van der Waals surface area contributed by atoms with Gasteiger partial charge in [0.25, 0.3) is 0 Å². The van der Waals surface area contributed by atoms with Crippen LogP contribution in [-0.2, 0) is 15.6 Å². The highest BCUT2D eigenvalue weighted by atomic mass is 32.2. The van der Waals surface area contributed by atoms with Crippen molar-refractivity contribution in [2.75, 3.05) is 24.7 Å². The van der Waals surface area contributed by atoms with E-state index < -0.39 is 10.8 Å². The number of nitrogens with one attached hydrogen (secondary N) is 2. The average molecular weight is 268 g/mol. The Balaban J connectivity index is 2.32. The lowest BCUT2D eigenvalue weighted by molar-refractivity contribution is -0.115. The lowest BCUT2D eigenvalue weighted by Crippen LogP contribution is -2.34. The fraction of sp³-hybridized carbons (Fsp3) is 0.462. The SMILES string of the molecule is Cc1cccc(NC(=O)CNCC(C)S(C)=O)c1. The van der Waals surface area contributed by atoms with Crippen molar-refractivity contribution in [1.29, 1.82) is 0 Å². The summed E-state index contributed by atoms with van der Waals surface area (Å²) in [6.07, 6.45) is 1.67. The molecule has 1 amide bonds. The third kappa shape index (κ3) is 5.42. The standard InChI is InChI=1S/C13H20N2O2S/c1-10-5-4-6-12(7-10)15-13(16)9-14-8-11(2)18(3)17/h4-7,11,14H,8-9H2,1-3H3,(H,15,16). The average Bonchev–Trinajstić information content (AvgIpc) is 2.28. The Morgan fingerprint density at radius 1 is 1.44 bits per heavy atom. The van der Waals surface area contributed by atoms with E-state index in [9.17, 15) is 9.00 Å². The zero-order valence-corrected chi connectivity index (χ0v) is 11.8. The Bertz CT molecular complexity index is 435. The molecular formula is C13H20N2O2S. The van der Waals surface area contributed by atoms with Crippen molar-refractivity contribution in [2.24, 2.45) is 0 Å². The number of rotatable bonds is 6. The molecule has 0 spiro atoms. The molecule has 0 heterocycles. The highest BCUT2D eigenvalue weighted by Crippen LogP contribution is 2.08. The lowest BCUT2D eigenvalue weighted by Gasteiger charge is -2.10. The Morgan fingerprint density at radius 3 is 2.78 bits per heavy atom. The molecule has 0 aromatic heterocycles. The zero-order chi connectivity index (χ0) is 13.5. The summed E-state index contributed by atoms with van der Waals surface area (Å²) in [5.41, 5.74) is 1.91. The van der Waals surface area contributed by atoms with Gasteiger partial charge < -0.3 is 10.6 Å². The number of hydrogen-bond acceptors (Lipinski definition) is 3. The van der Waals surface area contributed by atoms with Crippen LogP contribution in [-0.4, -0.2) is 34.7 Å². The van der Waals surface area contributed by atoms with Crippen molar-refractivity contribution in [2.45, 2.75) is 19.1 Å². The first-order valence-corrected chi connectivity index (χ1v) is 7.50. The molecule has 0 aliphatic heterocycles. The predicted octanol–water partition coefficient (Wildman–Crippen LogP) is 1.29. The van der Waals surface area contributed by atoms with Crippen LogP contribution in [0.1, 0.15) is 12.5 Å². The van der Waals surface area contributed by atoms with Gasteiger partial charge in [0.05, 0.1) is 6.54 Å². The summed E-state index contributed by atoms with van der Waals surface area (Å²) >= 11 is 0. The molecular weight excluding hydrogens is 248 g/mol. The van der Waals surface area contributed by atoms with Crippen molar-refractivity contribution in [3.8, 4) is 0 Å². The number of benzene rings is 1. The van der Waals surface area contributed by atoms with Gasteiger partial charge in [0.1, 0.15) is 0 Å². The Labute approximate surface area is 111 Å². The van der Waals surface area contributed by atoms with Gasteiger partial charge in [-0.2, -0.15) is 0 Å². The molecule has 4 nitrogen and oxygen atoms in total. The van der Waals surface area contributed by atoms with E-state index in [-0.39, 0.29) is 17.7 Å². The fourth-order valence-corrected chi connectivity index (χ4v) is 1.79. The predicted molar refractivity (Wildman–Crippen MR) is 76.2 cm³/mol. The highest BCUT2D eigenvalue weighted by molar-refractivity contribution is 7.84. The second kappa shape index (κ2) is 7.28. The summed E-state index contributed by atoms with van der Waals surface area (Å²) in [7, 11) is -0.860. The van der Waals surface area contributed by atoms with E-state index >= 15 is 0 Å². The molecule has 18 heavy (non-hydrogen) atoms. The van der Waals surface area contributed by atoms with Gasteiger partial charge in [-0.25, -0.2) is 0 Å². The number of aryl methyl sites for hydroxylation is 1. The van der Waals surface area contributed by atoms with Crippen molar-refractivity contribution < 1.29 is 9.00 Å². The van der Waals surface area contributed by atoms with Crippen LogP contribution in [0.3, 0.4) is 0 Å². The maximum absolute atomic E-state index is 11.6. The van der Waals surface area contributed by atoms with Gasteiger partial charge in [-0.3, -0.25) is 9.00 Å². The molecule has 0 radical (unpaired) electrons. The molecule has 5 heteroatoms. The first-order valence-electron chi connectivity index (χ1n) is 5.88. The van der Waals surface area contributed by atoms with Crippen LogP contribution in [0.2, 0.25) is 0 Å². The second-order valence-electron chi connectivity index (χ2n) is 4.36. The molecule has 0 saturated carbocycles. The van der Waals surface area contributed by atoms with Gasteiger partial charge >= 0.3 is 0 Å². The van der Waals surface area contributed by atoms with Crippen molar-refractivity contribution in [3.05, 3.63) is 29.8 Å². The number of anilines is 1. The molecule has 2 atom stereocenters. The van der Waals surface area contributed by atoms with E-state index in [1.165, 1.54) is 0 Å². The maximum Gasteiger partial charge on any atom is 0.238 e. The molecule has 100 valence electrons. The van der Waals surface area contributed by atoms with Crippen LogP contribution in [0.4, 0.5) is 5.69 Å². The topological polar surface area (TPSA) is 58.2 Å². The van der Waals surface area contributed by atoms with E-state index in [4.69, 9.17) is 0 Å². The molecule has 0 saturated heterocycles. The minimum Gasteiger partial charge on any atom is -0.325 e. The number of amides is 1. The first-order chi connectivity index (χ1) is 8.49. The van der Waals surface area contributed by atoms with Gasteiger partial charge in [-0.05, 0) is 31.5 Å². The van der Waals surface area contributed by atoms with Crippen LogP contribution in [0.5, 0.6) is 0 Å². The molecule has 0 fully saturated rings. The third-order valence-electron chi connectivity index (χ3n) is 2.59. The van der Waals surface area contributed by atoms with E-state index in [0.717, 1.165) is 11.3 Å². The summed E-state index contributed by atoms with van der Waals surface area (Å²) in [6, 6.07) is 7.66. The number of hydrogen-bond donors (Lipinski definition) is 2. The third-order valence-corrected chi connectivity index (χ3v) is 3.89. The molecule has 1 aromatic rings. The number of carbonyl (C=O) groups excluding carboxylic acids is 1. The summed E-state index contributed by atoms with van der Waals surface area (Å²) in [5.74, 6) is -0.0883. The Kier molecular flexibility index (Phi) is 6.01. The zero-order valence-electron chi connectivity index (χ0n) is 11.0. The minimum absolute atomic E-state index is 0.0526. The summed E-state index contributed by atoms with van der Waals surface area (Å²) in [4.78, 5) is 11.6. The van der Waals surface area contributed by atoms with Crippen LogP contribution in [0, 0.1) is 6.92 Å². The van der Waals surface area contributed by atoms with Crippen molar-refractivity contribution in [1.82, 2.24) is 5.32 Å². The van der Waals surface area contributed by atoms with Crippen LogP contribution >= 0.6 is 0 Å². The van der Waals surface area contributed by atoms with Crippen LogP contribution in [0.25, 0.3) is 0 Å². The fourth-order valence-electron chi connectivity index (χ4n) is 1.43. The molecule has 0 aliphatic carbocycles.